The monoisotopic (exact) mass is 448 g/mol. The van der Waals surface area contributed by atoms with Crippen LogP contribution in [0.2, 0.25) is 0 Å². The number of phenolic OH excluding ortho intramolecular Hbond substituents is 2. The molecule has 2 saturated carbocycles. The molecule has 0 spiro atoms. The first-order valence-electron chi connectivity index (χ1n) is 13.3. The quantitative estimate of drug-likeness (QED) is 0.491. The molecule has 0 aromatic heterocycles. The van der Waals surface area contributed by atoms with Crippen LogP contribution in [-0.4, -0.2) is 10.2 Å². The second-order valence-electron chi connectivity index (χ2n) is 11.5. The summed E-state index contributed by atoms with van der Waals surface area (Å²) in [5, 5.41) is 22.2. The largest absolute Gasteiger partial charge is 0.507 e. The molecule has 0 radical (unpaired) electrons. The third-order valence-corrected chi connectivity index (χ3v) is 9.23. The van der Waals surface area contributed by atoms with Crippen molar-refractivity contribution in [3.63, 3.8) is 0 Å². The number of benzene rings is 2. The highest BCUT2D eigenvalue weighted by Gasteiger charge is 2.33. The zero-order chi connectivity index (χ0) is 23.9. The normalized spacial score (nSPS) is 18.6. The van der Waals surface area contributed by atoms with Crippen molar-refractivity contribution < 1.29 is 10.2 Å². The van der Waals surface area contributed by atoms with Gasteiger partial charge in [-0.15, -0.1) is 0 Å². The summed E-state index contributed by atoms with van der Waals surface area (Å²) in [6.45, 7) is 13.2. The van der Waals surface area contributed by atoms with Gasteiger partial charge in [0.15, 0.2) is 0 Å². The Morgan fingerprint density at radius 2 is 0.909 bits per heavy atom. The molecule has 0 unspecified atom stereocenters. The molecule has 2 aliphatic carbocycles. The van der Waals surface area contributed by atoms with E-state index in [9.17, 15) is 10.2 Å². The van der Waals surface area contributed by atoms with Gasteiger partial charge in [0, 0.05) is 5.41 Å². The van der Waals surface area contributed by atoms with Crippen molar-refractivity contribution in [2.45, 2.75) is 123 Å². The standard InChI is InChI=1S/C31H44O2/c1-19-21(3)29(32)25(23-13-9-7-10-14-23)17-27(19)31(5,6)28-18-26(24-15-11-8-12-16-24)30(33)22(4)20(28)2/h17-18,23-24,32-33H,7-16H2,1-6H3. The Kier molecular flexibility index (Phi) is 6.85. The summed E-state index contributed by atoms with van der Waals surface area (Å²) in [4.78, 5) is 0. The predicted octanol–water partition coefficient (Wildman–Crippen LogP) is 8.75. The predicted molar refractivity (Wildman–Crippen MR) is 139 cm³/mol. The Bertz CT molecular complexity index is 937. The van der Waals surface area contributed by atoms with Crippen molar-refractivity contribution in [1.82, 2.24) is 0 Å². The Hall–Kier alpha value is -1.96. The molecule has 33 heavy (non-hydrogen) atoms. The van der Waals surface area contributed by atoms with Crippen LogP contribution in [0.3, 0.4) is 0 Å². The van der Waals surface area contributed by atoms with E-state index in [0.29, 0.717) is 23.3 Å². The first-order chi connectivity index (χ1) is 15.6. The fourth-order valence-corrected chi connectivity index (χ4v) is 6.75. The van der Waals surface area contributed by atoms with Crippen LogP contribution in [0.5, 0.6) is 11.5 Å². The Labute approximate surface area is 201 Å². The SMILES string of the molecule is Cc1c(C(C)(C)c2cc(C3CCCCC3)c(O)c(C)c2C)cc(C2CCCCC2)c(O)c1C. The third kappa shape index (κ3) is 4.31. The molecule has 0 amide bonds. The van der Waals surface area contributed by atoms with E-state index in [2.05, 4.69) is 53.7 Å². The molecule has 0 heterocycles. The van der Waals surface area contributed by atoms with Gasteiger partial charge in [0.25, 0.3) is 0 Å². The fourth-order valence-electron chi connectivity index (χ4n) is 6.75. The lowest BCUT2D eigenvalue weighted by Gasteiger charge is -2.35. The van der Waals surface area contributed by atoms with Gasteiger partial charge in [-0.3, -0.25) is 0 Å². The molecule has 2 nitrogen and oxygen atoms in total. The van der Waals surface area contributed by atoms with Crippen LogP contribution in [0.4, 0.5) is 0 Å². The van der Waals surface area contributed by atoms with Crippen molar-refractivity contribution in [3.05, 3.63) is 56.6 Å². The van der Waals surface area contributed by atoms with Gasteiger partial charge in [-0.2, -0.15) is 0 Å². The maximum absolute atomic E-state index is 11.1. The van der Waals surface area contributed by atoms with Gasteiger partial charge in [0.1, 0.15) is 11.5 Å². The summed E-state index contributed by atoms with van der Waals surface area (Å²) in [7, 11) is 0. The molecule has 2 fully saturated rings. The van der Waals surface area contributed by atoms with E-state index in [1.165, 1.54) is 86.5 Å². The van der Waals surface area contributed by atoms with E-state index < -0.39 is 0 Å². The molecule has 2 heteroatoms. The van der Waals surface area contributed by atoms with Crippen LogP contribution >= 0.6 is 0 Å². The number of phenols is 2. The van der Waals surface area contributed by atoms with Crippen molar-refractivity contribution in [2.75, 3.05) is 0 Å². The third-order valence-electron chi connectivity index (χ3n) is 9.23. The molecule has 4 rings (SSSR count). The summed E-state index contributed by atoms with van der Waals surface area (Å²) >= 11 is 0. The second-order valence-corrected chi connectivity index (χ2v) is 11.5. The summed E-state index contributed by atoms with van der Waals surface area (Å²) in [6, 6.07) is 4.66. The number of rotatable bonds is 4. The van der Waals surface area contributed by atoms with E-state index in [-0.39, 0.29) is 5.41 Å². The van der Waals surface area contributed by atoms with Crippen LogP contribution in [0.1, 0.15) is 134 Å². The zero-order valence-electron chi connectivity index (χ0n) is 21.8. The van der Waals surface area contributed by atoms with E-state index in [1.807, 2.05) is 0 Å². The van der Waals surface area contributed by atoms with Crippen LogP contribution in [-0.2, 0) is 5.41 Å². The van der Waals surface area contributed by atoms with Gasteiger partial charge >= 0.3 is 0 Å². The molecule has 2 aromatic rings. The highest BCUT2D eigenvalue weighted by Crippen LogP contribution is 2.47. The number of hydrogen-bond acceptors (Lipinski definition) is 2. The zero-order valence-corrected chi connectivity index (χ0v) is 21.8. The van der Waals surface area contributed by atoms with Crippen molar-refractivity contribution in [3.8, 4) is 11.5 Å². The van der Waals surface area contributed by atoms with Gasteiger partial charge in [0.2, 0.25) is 0 Å². The molecule has 180 valence electrons. The van der Waals surface area contributed by atoms with Crippen molar-refractivity contribution in [2.24, 2.45) is 0 Å². The van der Waals surface area contributed by atoms with E-state index >= 15 is 0 Å². The first kappa shape index (κ1) is 24.2. The van der Waals surface area contributed by atoms with Crippen LogP contribution < -0.4 is 0 Å². The molecule has 0 atom stereocenters. The van der Waals surface area contributed by atoms with E-state index in [0.717, 1.165) is 22.3 Å². The molecule has 0 saturated heterocycles. The molecular formula is C31H44O2. The van der Waals surface area contributed by atoms with Crippen LogP contribution in [0.15, 0.2) is 12.1 Å². The Morgan fingerprint density at radius 3 is 1.24 bits per heavy atom. The van der Waals surface area contributed by atoms with Gasteiger partial charge < -0.3 is 10.2 Å². The van der Waals surface area contributed by atoms with Gasteiger partial charge in [-0.25, -0.2) is 0 Å². The molecular weight excluding hydrogens is 404 g/mol. The average Bonchev–Trinajstić information content (AvgIpc) is 2.82. The molecule has 2 aromatic carbocycles. The minimum atomic E-state index is -0.210. The Morgan fingerprint density at radius 1 is 0.576 bits per heavy atom. The van der Waals surface area contributed by atoms with E-state index in [1.54, 1.807) is 0 Å². The molecule has 2 aliphatic rings. The van der Waals surface area contributed by atoms with Gasteiger partial charge in [-0.1, -0.05) is 64.5 Å². The highest BCUT2D eigenvalue weighted by molar-refractivity contribution is 5.59. The lowest BCUT2D eigenvalue weighted by molar-refractivity contribution is 0.409. The summed E-state index contributed by atoms with van der Waals surface area (Å²) in [6.07, 6.45) is 12.4. The molecule has 2 N–H and O–H groups in total. The minimum Gasteiger partial charge on any atom is -0.507 e. The number of aromatic hydroxyl groups is 2. The van der Waals surface area contributed by atoms with Crippen molar-refractivity contribution in [1.29, 1.82) is 0 Å². The topological polar surface area (TPSA) is 40.5 Å². The highest BCUT2D eigenvalue weighted by atomic mass is 16.3. The average molecular weight is 449 g/mol. The van der Waals surface area contributed by atoms with Gasteiger partial charge in [-0.05, 0) is 110 Å². The summed E-state index contributed by atoms with van der Waals surface area (Å²) in [5.41, 5.74) is 9.19. The van der Waals surface area contributed by atoms with Crippen molar-refractivity contribution >= 4 is 0 Å². The number of hydrogen-bond donors (Lipinski definition) is 2. The first-order valence-corrected chi connectivity index (χ1v) is 13.3. The molecule has 0 aliphatic heterocycles. The molecule has 0 bridgehead atoms. The van der Waals surface area contributed by atoms with Crippen LogP contribution in [0, 0.1) is 27.7 Å². The maximum atomic E-state index is 11.1. The smallest absolute Gasteiger partial charge is 0.122 e. The minimum absolute atomic E-state index is 0.210. The van der Waals surface area contributed by atoms with E-state index in [4.69, 9.17) is 0 Å². The summed E-state index contributed by atoms with van der Waals surface area (Å²) in [5.74, 6) is 1.96. The second kappa shape index (κ2) is 9.35. The Balaban J connectivity index is 1.86. The summed E-state index contributed by atoms with van der Waals surface area (Å²) < 4.78 is 0. The van der Waals surface area contributed by atoms with Crippen LogP contribution in [0.25, 0.3) is 0 Å². The fraction of sp³-hybridized carbons (Fsp3) is 0.613. The maximum Gasteiger partial charge on any atom is 0.122 e. The lowest BCUT2D eigenvalue weighted by atomic mass is 9.70. The van der Waals surface area contributed by atoms with Gasteiger partial charge in [0.05, 0.1) is 0 Å². The lowest BCUT2D eigenvalue weighted by Crippen LogP contribution is -2.24.